The molecule has 3 rings (SSSR count). The van der Waals surface area contributed by atoms with E-state index in [1.807, 2.05) is 13.0 Å². The predicted octanol–water partition coefficient (Wildman–Crippen LogP) is 2.78. The van der Waals surface area contributed by atoms with Gasteiger partial charge in [-0.05, 0) is 13.0 Å². The monoisotopic (exact) mass is 369 g/mol. The average molecular weight is 369 g/mol. The Kier molecular flexibility index (Phi) is 5.34. The minimum absolute atomic E-state index is 0.0721. The van der Waals surface area contributed by atoms with E-state index in [9.17, 15) is 14.9 Å². The van der Waals surface area contributed by atoms with Gasteiger partial charge in [0.05, 0.1) is 4.92 Å². The van der Waals surface area contributed by atoms with Gasteiger partial charge in [-0.3, -0.25) is 14.9 Å². The maximum atomic E-state index is 12.7. The Balaban J connectivity index is 1.69. The first kappa shape index (κ1) is 18.8. The van der Waals surface area contributed by atoms with Crippen LogP contribution in [-0.4, -0.2) is 51.9 Å². The molecule has 1 fully saturated rings. The first-order chi connectivity index (χ1) is 12.8. The number of hydrogen-bond donors (Lipinski definition) is 0. The van der Waals surface area contributed by atoms with Gasteiger partial charge in [0.2, 0.25) is 0 Å². The number of nitrogens with zero attached hydrogens (tertiary/aromatic N) is 5. The second-order valence-corrected chi connectivity index (χ2v) is 6.97. The molecule has 142 valence electrons. The lowest BCUT2D eigenvalue weighted by atomic mass is 10.1. The first-order valence-electron chi connectivity index (χ1n) is 8.99. The molecule has 0 spiro atoms. The van der Waals surface area contributed by atoms with Crippen molar-refractivity contribution in [2.75, 3.05) is 31.1 Å². The summed E-state index contributed by atoms with van der Waals surface area (Å²) in [6.07, 6.45) is 0. The smallest absolute Gasteiger partial charge is 0.270 e. The molecule has 1 saturated heterocycles. The van der Waals surface area contributed by atoms with Crippen LogP contribution in [0.5, 0.6) is 0 Å². The molecular formula is C19H23N5O3. The normalized spacial score (nSPS) is 14.5. The highest BCUT2D eigenvalue weighted by Gasteiger charge is 2.24. The lowest BCUT2D eigenvalue weighted by Gasteiger charge is -2.35. The quantitative estimate of drug-likeness (QED) is 0.608. The van der Waals surface area contributed by atoms with Crippen molar-refractivity contribution in [1.82, 2.24) is 14.9 Å². The van der Waals surface area contributed by atoms with Crippen LogP contribution in [0.2, 0.25) is 0 Å². The van der Waals surface area contributed by atoms with Crippen LogP contribution in [0.15, 0.2) is 30.3 Å². The third-order valence-electron chi connectivity index (χ3n) is 4.57. The van der Waals surface area contributed by atoms with Crippen molar-refractivity contribution in [2.45, 2.75) is 26.7 Å². The van der Waals surface area contributed by atoms with Crippen LogP contribution in [0.1, 0.15) is 41.6 Å². The summed E-state index contributed by atoms with van der Waals surface area (Å²) in [4.78, 5) is 36.1. The van der Waals surface area contributed by atoms with Gasteiger partial charge >= 0.3 is 0 Å². The number of benzene rings is 1. The number of nitro groups is 1. The van der Waals surface area contributed by atoms with Crippen LogP contribution in [0.25, 0.3) is 0 Å². The van der Waals surface area contributed by atoms with Gasteiger partial charge in [0.1, 0.15) is 11.6 Å². The zero-order valence-electron chi connectivity index (χ0n) is 15.8. The average Bonchev–Trinajstić information content (AvgIpc) is 2.67. The van der Waals surface area contributed by atoms with Gasteiger partial charge < -0.3 is 9.80 Å². The lowest BCUT2D eigenvalue weighted by Crippen LogP contribution is -2.49. The number of rotatable bonds is 4. The fraction of sp³-hybridized carbons (Fsp3) is 0.421. The minimum Gasteiger partial charge on any atom is -0.353 e. The summed E-state index contributed by atoms with van der Waals surface area (Å²) in [5.74, 6) is 1.77. The summed E-state index contributed by atoms with van der Waals surface area (Å²) in [6.45, 7) is 8.49. The Hall–Kier alpha value is -3.03. The van der Waals surface area contributed by atoms with E-state index in [1.54, 1.807) is 17.0 Å². The standard InChI is InChI=1S/C19H23N5O3/c1-13(2)18-20-14(3)11-17(21-18)22-7-9-23(10-8-22)19(25)15-5-4-6-16(12-15)24(26)27/h4-6,11-13H,7-10H2,1-3H3. The van der Waals surface area contributed by atoms with Crippen molar-refractivity contribution in [3.8, 4) is 0 Å². The highest BCUT2D eigenvalue weighted by Crippen LogP contribution is 2.20. The number of aryl methyl sites for hydroxylation is 1. The van der Waals surface area contributed by atoms with Gasteiger partial charge in [-0.15, -0.1) is 0 Å². The van der Waals surface area contributed by atoms with Gasteiger partial charge in [0.15, 0.2) is 0 Å². The second kappa shape index (κ2) is 7.69. The zero-order chi connectivity index (χ0) is 19.6. The largest absolute Gasteiger partial charge is 0.353 e. The zero-order valence-corrected chi connectivity index (χ0v) is 15.8. The summed E-state index contributed by atoms with van der Waals surface area (Å²) in [7, 11) is 0. The molecule has 8 heteroatoms. The summed E-state index contributed by atoms with van der Waals surface area (Å²) < 4.78 is 0. The number of hydrogen-bond acceptors (Lipinski definition) is 6. The molecule has 1 aromatic heterocycles. The molecule has 0 saturated carbocycles. The van der Waals surface area contributed by atoms with Crippen LogP contribution in [-0.2, 0) is 0 Å². The molecule has 2 heterocycles. The number of piperazine rings is 1. The van der Waals surface area contributed by atoms with Gasteiger partial charge in [-0.2, -0.15) is 0 Å². The molecule has 0 radical (unpaired) electrons. The van der Waals surface area contributed by atoms with Crippen LogP contribution >= 0.6 is 0 Å². The molecule has 1 aliphatic heterocycles. The molecular weight excluding hydrogens is 346 g/mol. The first-order valence-corrected chi connectivity index (χ1v) is 8.99. The number of carbonyl (C=O) groups is 1. The SMILES string of the molecule is Cc1cc(N2CCN(C(=O)c3cccc([N+](=O)[O-])c3)CC2)nc(C(C)C)n1. The maximum Gasteiger partial charge on any atom is 0.270 e. The highest BCUT2D eigenvalue weighted by molar-refractivity contribution is 5.95. The van der Waals surface area contributed by atoms with Gasteiger partial charge in [-0.1, -0.05) is 19.9 Å². The third kappa shape index (κ3) is 4.21. The number of non-ortho nitro benzene ring substituents is 1. The Bertz CT molecular complexity index is 860. The molecule has 0 bridgehead atoms. The summed E-state index contributed by atoms with van der Waals surface area (Å²) in [5, 5.41) is 10.9. The molecule has 27 heavy (non-hydrogen) atoms. The Morgan fingerprint density at radius 1 is 1.15 bits per heavy atom. The van der Waals surface area contributed by atoms with Gasteiger partial charge in [0, 0.05) is 61.6 Å². The van der Waals surface area contributed by atoms with Crippen LogP contribution in [0.3, 0.4) is 0 Å². The van der Waals surface area contributed by atoms with E-state index in [2.05, 4.69) is 28.7 Å². The topological polar surface area (TPSA) is 92.5 Å². The molecule has 0 N–H and O–H groups in total. The molecule has 0 unspecified atom stereocenters. The van der Waals surface area contributed by atoms with E-state index < -0.39 is 4.92 Å². The van der Waals surface area contributed by atoms with E-state index in [0.29, 0.717) is 31.7 Å². The van der Waals surface area contributed by atoms with Crippen LogP contribution in [0.4, 0.5) is 11.5 Å². The van der Waals surface area contributed by atoms with Crippen molar-refractivity contribution in [3.05, 3.63) is 57.5 Å². The summed E-state index contributed by atoms with van der Waals surface area (Å²) >= 11 is 0. The fourth-order valence-corrected chi connectivity index (χ4v) is 3.07. The van der Waals surface area contributed by atoms with E-state index in [4.69, 9.17) is 0 Å². The highest BCUT2D eigenvalue weighted by atomic mass is 16.6. The van der Waals surface area contributed by atoms with E-state index in [0.717, 1.165) is 17.3 Å². The van der Waals surface area contributed by atoms with Gasteiger partial charge in [0.25, 0.3) is 11.6 Å². The maximum absolute atomic E-state index is 12.7. The van der Waals surface area contributed by atoms with E-state index in [-0.39, 0.29) is 17.5 Å². The Morgan fingerprint density at radius 2 is 1.85 bits per heavy atom. The van der Waals surface area contributed by atoms with E-state index >= 15 is 0 Å². The van der Waals surface area contributed by atoms with Crippen molar-refractivity contribution >= 4 is 17.4 Å². The molecule has 1 aliphatic rings. The number of amides is 1. The van der Waals surface area contributed by atoms with Crippen LogP contribution < -0.4 is 4.90 Å². The summed E-state index contributed by atoms with van der Waals surface area (Å²) in [6, 6.07) is 7.84. The fourth-order valence-electron chi connectivity index (χ4n) is 3.07. The van der Waals surface area contributed by atoms with E-state index in [1.165, 1.54) is 12.1 Å². The third-order valence-corrected chi connectivity index (χ3v) is 4.57. The number of anilines is 1. The Labute approximate surface area is 158 Å². The molecule has 2 aromatic rings. The van der Waals surface area contributed by atoms with Gasteiger partial charge in [-0.25, -0.2) is 9.97 Å². The molecule has 8 nitrogen and oxygen atoms in total. The van der Waals surface area contributed by atoms with Crippen molar-refractivity contribution in [1.29, 1.82) is 0 Å². The lowest BCUT2D eigenvalue weighted by molar-refractivity contribution is -0.384. The van der Waals surface area contributed by atoms with Crippen molar-refractivity contribution in [2.24, 2.45) is 0 Å². The number of carbonyl (C=O) groups excluding carboxylic acids is 1. The van der Waals surface area contributed by atoms with Crippen LogP contribution in [0, 0.1) is 17.0 Å². The molecule has 0 aliphatic carbocycles. The molecule has 1 aromatic carbocycles. The number of nitro benzene ring substituents is 1. The minimum atomic E-state index is -0.488. The van der Waals surface area contributed by atoms with Crippen molar-refractivity contribution < 1.29 is 9.72 Å². The molecule has 1 amide bonds. The van der Waals surface area contributed by atoms with Crippen molar-refractivity contribution in [3.63, 3.8) is 0 Å². The predicted molar refractivity (Wildman–Crippen MR) is 102 cm³/mol. The summed E-state index contributed by atoms with van der Waals surface area (Å²) in [5.41, 5.74) is 1.20. The Morgan fingerprint density at radius 3 is 2.48 bits per heavy atom. The molecule has 0 atom stereocenters. The number of aromatic nitrogens is 2. The second-order valence-electron chi connectivity index (χ2n) is 6.97.